The van der Waals surface area contributed by atoms with E-state index >= 15 is 0 Å². The molecule has 0 aliphatic carbocycles. The SMILES string of the molecule is O=C(C1=C(c2ccccc2)NC(=S)NC1c1cc(Cl)c(O)c(Br)c1)c1ccccc1. The van der Waals surface area contributed by atoms with Crippen LogP contribution in [0.1, 0.15) is 27.5 Å². The lowest BCUT2D eigenvalue weighted by atomic mass is 9.87. The van der Waals surface area contributed by atoms with Crippen molar-refractivity contribution in [2.75, 3.05) is 0 Å². The van der Waals surface area contributed by atoms with Crippen LogP contribution in [0.15, 0.2) is 82.8 Å². The fourth-order valence-corrected chi connectivity index (χ4v) is 4.43. The van der Waals surface area contributed by atoms with Gasteiger partial charge >= 0.3 is 0 Å². The van der Waals surface area contributed by atoms with Gasteiger partial charge in [0, 0.05) is 5.56 Å². The molecule has 0 saturated heterocycles. The van der Waals surface area contributed by atoms with Crippen molar-refractivity contribution >= 4 is 56.3 Å². The number of thiocarbonyl (C=S) groups is 1. The lowest BCUT2D eigenvalue weighted by molar-refractivity contribution is 0.102. The number of phenolic OH excluding ortho intramolecular Hbond substituents is 1. The van der Waals surface area contributed by atoms with E-state index in [1.807, 2.05) is 48.5 Å². The Morgan fingerprint density at radius 3 is 2.30 bits per heavy atom. The minimum Gasteiger partial charge on any atom is -0.505 e. The van der Waals surface area contributed by atoms with Crippen LogP contribution in [-0.4, -0.2) is 16.0 Å². The van der Waals surface area contributed by atoms with Crippen molar-refractivity contribution in [2.24, 2.45) is 0 Å². The van der Waals surface area contributed by atoms with E-state index in [4.69, 9.17) is 23.8 Å². The summed E-state index contributed by atoms with van der Waals surface area (Å²) < 4.78 is 0.434. The second-order valence-corrected chi connectivity index (χ2v) is 8.38. The Hall–Kier alpha value is -2.67. The predicted octanol–water partition coefficient (Wildman–Crippen LogP) is 5.62. The number of nitrogens with one attached hydrogen (secondary N) is 2. The van der Waals surface area contributed by atoms with Crippen LogP contribution in [0, 0.1) is 0 Å². The average Bonchev–Trinajstić information content (AvgIpc) is 2.77. The molecule has 3 N–H and O–H groups in total. The fourth-order valence-electron chi connectivity index (χ4n) is 3.39. The Morgan fingerprint density at radius 1 is 1.03 bits per heavy atom. The van der Waals surface area contributed by atoms with Crippen molar-refractivity contribution in [3.05, 3.63) is 105 Å². The van der Waals surface area contributed by atoms with Gasteiger partial charge in [0.25, 0.3) is 0 Å². The van der Waals surface area contributed by atoms with Crippen molar-refractivity contribution in [3.63, 3.8) is 0 Å². The molecule has 0 radical (unpaired) electrons. The monoisotopic (exact) mass is 498 g/mol. The average molecular weight is 500 g/mol. The van der Waals surface area contributed by atoms with Gasteiger partial charge in [0.2, 0.25) is 0 Å². The van der Waals surface area contributed by atoms with E-state index in [1.165, 1.54) is 0 Å². The van der Waals surface area contributed by atoms with Gasteiger partial charge in [-0.1, -0.05) is 72.3 Å². The maximum Gasteiger partial charge on any atom is 0.193 e. The number of Topliss-reactive ketones (excluding diaryl/α,β-unsaturated/α-hetero) is 1. The number of hydrogen-bond donors (Lipinski definition) is 3. The van der Waals surface area contributed by atoms with Crippen LogP contribution in [-0.2, 0) is 0 Å². The summed E-state index contributed by atoms with van der Waals surface area (Å²) in [5.74, 6) is -0.192. The molecule has 0 spiro atoms. The quantitative estimate of drug-likeness (QED) is 0.321. The minimum atomic E-state index is -0.559. The first kappa shape index (κ1) is 20.6. The summed E-state index contributed by atoms with van der Waals surface area (Å²) in [7, 11) is 0. The summed E-state index contributed by atoms with van der Waals surface area (Å²) in [5, 5.41) is 17.0. The molecule has 3 aromatic carbocycles. The van der Waals surface area contributed by atoms with E-state index in [0.717, 1.165) is 5.56 Å². The highest BCUT2D eigenvalue weighted by molar-refractivity contribution is 9.10. The van der Waals surface area contributed by atoms with Gasteiger partial charge in [-0.25, -0.2) is 0 Å². The van der Waals surface area contributed by atoms with E-state index in [0.29, 0.717) is 32.0 Å². The Bertz CT molecular complexity index is 1140. The number of benzene rings is 3. The van der Waals surface area contributed by atoms with Crippen LogP contribution >= 0.6 is 39.7 Å². The highest BCUT2D eigenvalue weighted by Gasteiger charge is 2.33. The topological polar surface area (TPSA) is 61.4 Å². The van der Waals surface area contributed by atoms with Crippen LogP contribution in [0.5, 0.6) is 5.75 Å². The third-order valence-corrected chi connectivity index (χ3v) is 5.90. The predicted molar refractivity (Wildman–Crippen MR) is 127 cm³/mol. The zero-order valence-corrected chi connectivity index (χ0v) is 18.7. The van der Waals surface area contributed by atoms with Crippen LogP contribution in [0.3, 0.4) is 0 Å². The van der Waals surface area contributed by atoms with E-state index in [9.17, 15) is 9.90 Å². The summed E-state index contributed by atoms with van der Waals surface area (Å²) in [6, 6.07) is 21.4. The highest BCUT2D eigenvalue weighted by atomic mass is 79.9. The van der Waals surface area contributed by atoms with Gasteiger partial charge in [0.15, 0.2) is 10.9 Å². The summed E-state index contributed by atoms with van der Waals surface area (Å²) in [6.45, 7) is 0. The highest BCUT2D eigenvalue weighted by Crippen LogP contribution is 2.39. The zero-order chi connectivity index (χ0) is 21.3. The molecule has 0 aromatic heterocycles. The normalized spacial score (nSPS) is 16.1. The Kier molecular flexibility index (Phi) is 5.90. The molecule has 1 aliphatic rings. The number of carbonyl (C=O) groups excluding carboxylic acids is 1. The second-order valence-electron chi connectivity index (χ2n) is 6.71. The summed E-state index contributed by atoms with van der Waals surface area (Å²) in [6.07, 6.45) is 0. The van der Waals surface area contributed by atoms with Gasteiger partial charge in [-0.05, 0) is 51.4 Å². The van der Waals surface area contributed by atoms with Crippen LogP contribution in [0.2, 0.25) is 5.02 Å². The van der Waals surface area contributed by atoms with E-state index in [-0.39, 0.29) is 16.6 Å². The smallest absolute Gasteiger partial charge is 0.193 e. The molecule has 4 rings (SSSR count). The second kappa shape index (κ2) is 8.60. The third-order valence-electron chi connectivity index (χ3n) is 4.79. The fraction of sp³-hybridized carbons (Fsp3) is 0.0435. The molecule has 150 valence electrons. The van der Waals surface area contributed by atoms with Gasteiger partial charge in [0.1, 0.15) is 5.75 Å². The first-order valence-electron chi connectivity index (χ1n) is 9.10. The molecule has 0 fully saturated rings. The largest absolute Gasteiger partial charge is 0.505 e. The maximum atomic E-state index is 13.6. The van der Waals surface area contributed by atoms with Crippen molar-refractivity contribution < 1.29 is 9.90 Å². The number of hydrogen-bond acceptors (Lipinski definition) is 3. The van der Waals surface area contributed by atoms with Crippen molar-refractivity contribution in [2.45, 2.75) is 6.04 Å². The van der Waals surface area contributed by atoms with Crippen LogP contribution in [0.4, 0.5) is 0 Å². The number of aromatic hydroxyl groups is 1. The van der Waals surface area contributed by atoms with Crippen LogP contribution in [0.25, 0.3) is 5.70 Å². The molecular weight excluding hydrogens is 484 g/mol. The molecule has 0 bridgehead atoms. The summed E-state index contributed by atoms with van der Waals surface area (Å²) in [5.41, 5.74) is 3.25. The lowest BCUT2D eigenvalue weighted by Crippen LogP contribution is -2.45. The first-order valence-corrected chi connectivity index (χ1v) is 10.7. The molecule has 1 heterocycles. The van der Waals surface area contributed by atoms with Crippen LogP contribution < -0.4 is 10.6 Å². The Morgan fingerprint density at radius 2 is 1.67 bits per heavy atom. The zero-order valence-electron chi connectivity index (χ0n) is 15.5. The van der Waals surface area contributed by atoms with Crippen molar-refractivity contribution in [1.82, 2.24) is 10.6 Å². The van der Waals surface area contributed by atoms with Gasteiger partial charge in [-0.2, -0.15) is 0 Å². The standard InChI is InChI=1S/C23H16BrClN2O2S/c24-16-11-15(12-17(25)22(16)29)20-18(21(28)14-9-5-2-6-10-14)19(26-23(30)27-20)13-7-3-1-4-8-13/h1-12,20,29H,(H2,26,27,30). The van der Waals surface area contributed by atoms with Crippen molar-refractivity contribution in [3.8, 4) is 5.75 Å². The van der Waals surface area contributed by atoms with E-state index in [2.05, 4.69) is 26.6 Å². The van der Waals surface area contributed by atoms with Gasteiger partial charge in [-0.3, -0.25) is 4.79 Å². The lowest BCUT2D eigenvalue weighted by Gasteiger charge is -2.32. The summed E-state index contributed by atoms with van der Waals surface area (Å²) in [4.78, 5) is 13.6. The number of ketones is 1. The number of phenols is 1. The molecule has 1 unspecified atom stereocenters. The van der Waals surface area contributed by atoms with Gasteiger partial charge in [0.05, 0.1) is 26.8 Å². The van der Waals surface area contributed by atoms with E-state index in [1.54, 1.807) is 24.3 Å². The van der Waals surface area contributed by atoms with E-state index < -0.39 is 6.04 Å². The summed E-state index contributed by atoms with van der Waals surface area (Å²) >= 11 is 15.0. The number of carbonyl (C=O) groups is 1. The minimum absolute atomic E-state index is 0.0554. The van der Waals surface area contributed by atoms with Gasteiger partial charge in [-0.15, -0.1) is 0 Å². The molecule has 1 atom stereocenters. The molecule has 1 aliphatic heterocycles. The maximum absolute atomic E-state index is 13.6. The first-order chi connectivity index (χ1) is 14.5. The van der Waals surface area contributed by atoms with Crippen molar-refractivity contribution in [1.29, 1.82) is 0 Å². The van der Waals surface area contributed by atoms with Gasteiger partial charge < -0.3 is 15.7 Å². The molecule has 0 amide bonds. The molecule has 3 aromatic rings. The Labute approximate surface area is 192 Å². The molecule has 4 nitrogen and oxygen atoms in total. The molecule has 0 saturated carbocycles. The third kappa shape index (κ3) is 3.99. The molecular formula is C23H16BrClN2O2S. The Balaban J connectivity index is 1.96. The molecule has 7 heteroatoms. The number of halogens is 2. The number of rotatable bonds is 4. The molecule has 30 heavy (non-hydrogen) atoms.